The molecule has 2 nitrogen and oxygen atoms in total. The number of benzene rings is 1. The zero-order valence-electron chi connectivity index (χ0n) is 8.12. The molecule has 1 N–H and O–H groups in total. The molecule has 4 heteroatoms. The molecule has 1 saturated carbocycles. The lowest BCUT2D eigenvalue weighted by molar-refractivity contribution is 0.0601. The lowest BCUT2D eigenvalue weighted by atomic mass is 10.2. The van der Waals surface area contributed by atoms with Crippen LogP contribution in [-0.4, -0.2) is 17.3 Å². The fraction of sp³-hybridized carbons (Fsp3) is 0.455. The fourth-order valence-electron chi connectivity index (χ4n) is 1.82. The van der Waals surface area contributed by atoms with Gasteiger partial charge in [0.25, 0.3) is 0 Å². The predicted molar refractivity (Wildman–Crippen MR) is 58.4 cm³/mol. The largest absolute Gasteiger partial charge is 0.488 e. The van der Waals surface area contributed by atoms with Crippen LogP contribution >= 0.6 is 15.9 Å². The number of hydrogen-bond donors (Lipinski definition) is 1. The fourth-order valence-corrected chi connectivity index (χ4v) is 2.26. The molecular weight excluding hydrogens is 263 g/mol. The highest BCUT2D eigenvalue weighted by Gasteiger charge is 2.26. The predicted octanol–water partition coefficient (Wildman–Crippen LogP) is 2.88. The van der Waals surface area contributed by atoms with Crippen molar-refractivity contribution in [3.05, 3.63) is 28.5 Å². The molecule has 15 heavy (non-hydrogen) atoms. The summed E-state index contributed by atoms with van der Waals surface area (Å²) in [5.74, 6) is 0.125. The Balaban J connectivity index is 2.10. The minimum absolute atomic E-state index is 0.196. The van der Waals surface area contributed by atoms with Crippen molar-refractivity contribution in [3.8, 4) is 5.75 Å². The van der Waals surface area contributed by atoms with E-state index >= 15 is 0 Å². The average molecular weight is 275 g/mol. The molecule has 1 aliphatic carbocycles. The van der Waals surface area contributed by atoms with Gasteiger partial charge < -0.3 is 9.84 Å². The van der Waals surface area contributed by atoms with Gasteiger partial charge >= 0.3 is 0 Å². The molecule has 0 spiro atoms. The minimum atomic E-state index is -0.424. The first-order chi connectivity index (χ1) is 7.15. The Morgan fingerprint density at radius 1 is 1.33 bits per heavy atom. The molecule has 0 radical (unpaired) electrons. The molecule has 0 heterocycles. The Morgan fingerprint density at radius 3 is 2.73 bits per heavy atom. The van der Waals surface area contributed by atoms with Gasteiger partial charge in [-0.1, -0.05) is 15.9 Å². The van der Waals surface area contributed by atoms with E-state index in [0.29, 0.717) is 10.2 Å². The van der Waals surface area contributed by atoms with E-state index in [9.17, 15) is 9.50 Å². The quantitative estimate of drug-likeness (QED) is 0.899. The van der Waals surface area contributed by atoms with E-state index in [1.807, 2.05) is 0 Å². The molecule has 2 rings (SSSR count). The monoisotopic (exact) mass is 274 g/mol. The molecular formula is C11H12BrFO2. The van der Waals surface area contributed by atoms with Crippen LogP contribution in [0.5, 0.6) is 5.75 Å². The summed E-state index contributed by atoms with van der Waals surface area (Å²) in [5.41, 5.74) is 0. The molecule has 2 atom stereocenters. The van der Waals surface area contributed by atoms with E-state index in [1.54, 1.807) is 6.07 Å². The Labute approximate surface area is 96.2 Å². The smallest absolute Gasteiger partial charge is 0.128 e. The highest BCUT2D eigenvalue weighted by atomic mass is 79.9. The summed E-state index contributed by atoms with van der Waals surface area (Å²) in [7, 11) is 0. The first-order valence-corrected chi connectivity index (χ1v) is 5.75. The van der Waals surface area contributed by atoms with Crippen LogP contribution in [0.4, 0.5) is 4.39 Å². The average Bonchev–Trinajstić information content (AvgIpc) is 2.50. The zero-order chi connectivity index (χ0) is 10.8. The molecule has 82 valence electrons. The van der Waals surface area contributed by atoms with Gasteiger partial charge in [0.1, 0.15) is 17.7 Å². The standard InChI is InChI=1S/C11H12BrFO2/c12-7-4-8(13)6-9(5-7)15-11-3-1-2-10(11)14/h4-6,10-11,14H,1-3H2. The second kappa shape index (κ2) is 4.49. The second-order valence-corrected chi connectivity index (χ2v) is 4.68. The number of rotatable bonds is 2. The summed E-state index contributed by atoms with van der Waals surface area (Å²) in [6.07, 6.45) is 1.93. The van der Waals surface area contributed by atoms with Crippen LogP contribution in [0.25, 0.3) is 0 Å². The van der Waals surface area contributed by atoms with Crippen molar-refractivity contribution in [1.82, 2.24) is 0 Å². The number of halogens is 2. The summed E-state index contributed by atoms with van der Waals surface area (Å²) >= 11 is 3.19. The summed E-state index contributed by atoms with van der Waals surface area (Å²) in [6.45, 7) is 0. The van der Waals surface area contributed by atoms with Gasteiger partial charge in [0, 0.05) is 10.5 Å². The van der Waals surface area contributed by atoms with Gasteiger partial charge in [0.2, 0.25) is 0 Å². The van der Waals surface area contributed by atoms with Gasteiger partial charge in [-0.25, -0.2) is 4.39 Å². The zero-order valence-corrected chi connectivity index (χ0v) is 9.71. The highest BCUT2D eigenvalue weighted by molar-refractivity contribution is 9.10. The van der Waals surface area contributed by atoms with Crippen LogP contribution in [0.15, 0.2) is 22.7 Å². The molecule has 2 unspecified atom stereocenters. The van der Waals surface area contributed by atoms with Crippen molar-refractivity contribution in [2.24, 2.45) is 0 Å². The van der Waals surface area contributed by atoms with E-state index in [1.165, 1.54) is 12.1 Å². The van der Waals surface area contributed by atoms with Crippen molar-refractivity contribution in [2.45, 2.75) is 31.5 Å². The number of ether oxygens (including phenoxy) is 1. The van der Waals surface area contributed by atoms with Gasteiger partial charge in [0.15, 0.2) is 0 Å². The van der Waals surface area contributed by atoms with Crippen LogP contribution in [-0.2, 0) is 0 Å². The number of aliphatic hydroxyl groups excluding tert-OH is 1. The maximum Gasteiger partial charge on any atom is 0.128 e. The summed E-state index contributed by atoms with van der Waals surface area (Å²) in [4.78, 5) is 0. The van der Waals surface area contributed by atoms with E-state index in [2.05, 4.69) is 15.9 Å². The minimum Gasteiger partial charge on any atom is -0.488 e. The van der Waals surface area contributed by atoms with Gasteiger partial charge in [-0.15, -0.1) is 0 Å². The van der Waals surface area contributed by atoms with Crippen molar-refractivity contribution in [2.75, 3.05) is 0 Å². The molecule has 0 aromatic heterocycles. The first-order valence-electron chi connectivity index (χ1n) is 4.96. The summed E-state index contributed by atoms with van der Waals surface area (Å²) in [6, 6.07) is 4.40. The topological polar surface area (TPSA) is 29.5 Å². The van der Waals surface area contributed by atoms with Crippen LogP contribution in [0.1, 0.15) is 19.3 Å². The molecule has 1 fully saturated rings. The van der Waals surface area contributed by atoms with Gasteiger partial charge in [0.05, 0.1) is 6.10 Å². The van der Waals surface area contributed by atoms with Gasteiger partial charge in [-0.2, -0.15) is 0 Å². The molecule has 1 aromatic rings. The highest BCUT2D eigenvalue weighted by Crippen LogP contribution is 2.27. The van der Waals surface area contributed by atoms with Crippen LogP contribution in [0.3, 0.4) is 0 Å². The summed E-state index contributed by atoms with van der Waals surface area (Å²) in [5, 5.41) is 9.56. The van der Waals surface area contributed by atoms with Crippen molar-refractivity contribution in [1.29, 1.82) is 0 Å². The second-order valence-electron chi connectivity index (χ2n) is 3.76. The molecule has 0 saturated heterocycles. The Bertz CT molecular complexity index is 336. The first kappa shape index (κ1) is 10.9. The summed E-state index contributed by atoms with van der Waals surface area (Å²) < 4.78 is 19.2. The maximum absolute atomic E-state index is 13.0. The Morgan fingerprint density at radius 2 is 2.13 bits per heavy atom. The van der Waals surface area contributed by atoms with Crippen molar-refractivity contribution >= 4 is 15.9 Å². The SMILES string of the molecule is OC1CCCC1Oc1cc(F)cc(Br)c1. The van der Waals surface area contributed by atoms with Crippen molar-refractivity contribution < 1.29 is 14.2 Å². The molecule has 1 aliphatic rings. The maximum atomic E-state index is 13.0. The van der Waals surface area contributed by atoms with E-state index in [-0.39, 0.29) is 11.9 Å². The van der Waals surface area contributed by atoms with Gasteiger partial charge in [-0.3, -0.25) is 0 Å². The van der Waals surface area contributed by atoms with Gasteiger partial charge in [-0.05, 0) is 31.4 Å². The molecule has 1 aromatic carbocycles. The molecule has 0 aliphatic heterocycles. The Kier molecular flexibility index (Phi) is 3.26. The molecule has 0 amide bonds. The van der Waals surface area contributed by atoms with Crippen LogP contribution < -0.4 is 4.74 Å². The Hall–Kier alpha value is -0.610. The lowest BCUT2D eigenvalue weighted by Gasteiger charge is -2.17. The van der Waals surface area contributed by atoms with E-state index in [0.717, 1.165) is 19.3 Å². The number of hydrogen-bond acceptors (Lipinski definition) is 2. The molecule has 0 bridgehead atoms. The van der Waals surface area contributed by atoms with Crippen LogP contribution in [0, 0.1) is 5.82 Å². The third kappa shape index (κ3) is 2.69. The number of aliphatic hydroxyl groups is 1. The van der Waals surface area contributed by atoms with Crippen LogP contribution in [0.2, 0.25) is 0 Å². The third-order valence-corrected chi connectivity index (χ3v) is 3.00. The lowest BCUT2D eigenvalue weighted by Crippen LogP contribution is -2.25. The normalized spacial score (nSPS) is 25.5. The third-order valence-electron chi connectivity index (χ3n) is 2.54. The van der Waals surface area contributed by atoms with Crippen molar-refractivity contribution in [3.63, 3.8) is 0 Å². The van der Waals surface area contributed by atoms with E-state index < -0.39 is 6.10 Å². The van der Waals surface area contributed by atoms with E-state index in [4.69, 9.17) is 4.74 Å².